The van der Waals surface area contributed by atoms with E-state index in [1.54, 1.807) is 14.2 Å². The Hall–Kier alpha value is -1.76. The molecule has 1 fully saturated rings. The summed E-state index contributed by atoms with van der Waals surface area (Å²) in [6.07, 6.45) is 1.90. The van der Waals surface area contributed by atoms with Gasteiger partial charge in [0.25, 0.3) is 0 Å². The predicted molar refractivity (Wildman–Crippen MR) is 134 cm³/mol. The highest BCUT2D eigenvalue weighted by Gasteiger charge is 2.22. The molecular formula is C22H34IN7O2. The Bertz CT molecular complexity index is 866. The Morgan fingerprint density at radius 1 is 1.22 bits per heavy atom. The number of rotatable bonds is 7. The summed E-state index contributed by atoms with van der Waals surface area (Å²) in [5.74, 6) is 2.59. The van der Waals surface area contributed by atoms with E-state index in [1.165, 1.54) is 11.1 Å². The first kappa shape index (κ1) is 24.9. The van der Waals surface area contributed by atoms with Gasteiger partial charge in [0, 0.05) is 52.8 Å². The van der Waals surface area contributed by atoms with Crippen LogP contribution in [0.3, 0.4) is 0 Å². The van der Waals surface area contributed by atoms with E-state index in [0.29, 0.717) is 6.61 Å². The van der Waals surface area contributed by atoms with Crippen molar-refractivity contribution in [3.8, 4) is 0 Å². The summed E-state index contributed by atoms with van der Waals surface area (Å²) in [5.41, 5.74) is 2.58. The van der Waals surface area contributed by atoms with E-state index in [1.807, 2.05) is 4.68 Å². The van der Waals surface area contributed by atoms with Gasteiger partial charge in [-0.25, -0.2) is 9.67 Å². The number of aromatic nitrogens is 3. The van der Waals surface area contributed by atoms with Crippen molar-refractivity contribution in [3.05, 3.63) is 47.0 Å². The molecule has 2 aliphatic heterocycles. The van der Waals surface area contributed by atoms with Gasteiger partial charge in [-0.1, -0.05) is 24.3 Å². The van der Waals surface area contributed by atoms with Crippen LogP contribution in [0.25, 0.3) is 0 Å². The van der Waals surface area contributed by atoms with Gasteiger partial charge in [0.05, 0.1) is 19.8 Å². The lowest BCUT2D eigenvalue weighted by Gasteiger charge is -2.26. The Balaban J connectivity index is 0.00000289. The van der Waals surface area contributed by atoms with E-state index >= 15 is 0 Å². The molecule has 0 radical (unpaired) electrons. The topological polar surface area (TPSA) is 88.8 Å². The number of hydrogen-bond donors (Lipinski definition) is 2. The molecule has 2 aromatic rings. The maximum Gasteiger partial charge on any atom is 0.191 e. The largest absolute Gasteiger partial charge is 0.379 e. The van der Waals surface area contributed by atoms with E-state index in [-0.39, 0.29) is 30.0 Å². The summed E-state index contributed by atoms with van der Waals surface area (Å²) < 4.78 is 12.5. The zero-order valence-corrected chi connectivity index (χ0v) is 21.2. The van der Waals surface area contributed by atoms with Gasteiger partial charge in [0.1, 0.15) is 12.4 Å². The average molecular weight is 555 g/mol. The molecule has 1 saturated heterocycles. The molecule has 9 nitrogen and oxygen atoms in total. The smallest absolute Gasteiger partial charge is 0.191 e. The van der Waals surface area contributed by atoms with Crippen LogP contribution in [0.1, 0.15) is 29.2 Å². The molecule has 1 aromatic heterocycles. The number of nitrogens with one attached hydrogen (secondary N) is 2. The van der Waals surface area contributed by atoms with Gasteiger partial charge in [-0.05, 0) is 17.5 Å². The van der Waals surface area contributed by atoms with Crippen molar-refractivity contribution in [1.29, 1.82) is 0 Å². The number of morpholine rings is 1. The lowest BCUT2D eigenvalue weighted by molar-refractivity contribution is 0.0342. The lowest BCUT2D eigenvalue weighted by atomic mass is 10.1. The van der Waals surface area contributed by atoms with Crippen LogP contribution >= 0.6 is 24.0 Å². The molecular weight excluding hydrogens is 521 g/mol. The zero-order chi connectivity index (χ0) is 21.5. The van der Waals surface area contributed by atoms with Crippen molar-refractivity contribution < 1.29 is 9.47 Å². The van der Waals surface area contributed by atoms with Crippen molar-refractivity contribution in [2.45, 2.75) is 45.1 Å². The molecule has 0 amide bonds. The van der Waals surface area contributed by atoms with Crippen molar-refractivity contribution >= 4 is 29.9 Å². The SMILES string of the molecule is CN=C(NCc1ccc(CN2CCOCC2)cc1)NC1CCc2nc(COC)nn2C1.I. The molecule has 32 heavy (non-hydrogen) atoms. The normalized spacial score (nSPS) is 19.2. The fourth-order valence-corrected chi connectivity index (χ4v) is 4.02. The molecule has 0 bridgehead atoms. The van der Waals surface area contributed by atoms with Gasteiger partial charge >= 0.3 is 0 Å². The molecule has 1 atom stereocenters. The number of aryl methyl sites for hydroxylation is 1. The second kappa shape index (κ2) is 12.5. The zero-order valence-electron chi connectivity index (χ0n) is 18.9. The fourth-order valence-electron chi connectivity index (χ4n) is 4.02. The number of fused-ring (bicyclic) bond motifs is 1. The summed E-state index contributed by atoms with van der Waals surface area (Å²) in [5, 5.41) is 11.5. The molecule has 0 aliphatic carbocycles. The quantitative estimate of drug-likeness (QED) is 0.305. The number of guanidine groups is 1. The minimum absolute atomic E-state index is 0. The molecule has 176 valence electrons. The van der Waals surface area contributed by atoms with Crippen molar-refractivity contribution in [2.24, 2.45) is 4.99 Å². The first-order valence-corrected chi connectivity index (χ1v) is 11.0. The number of hydrogen-bond acceptors (Lipinski definition) is 6. The summed E-state index contributed by atoms with van der Waals surface area (Å²) in [4.78, 5) is 11.4. The van der Waals surface area contributed by atoms with Gasteiger partial charge in [0.2, 0.25) is 0 Å². The van der Waals surface area contributed by atoms with E-state index in [2.05, 4.69) is 54.9 Å². The van der Waals surface area contributed by atoms with E-state index in [0.717, 1.165) is 76.4 Å². The summed E-state index contributed by atoms with van der Waals surface area (Å²) in [6.45, 7) is 6.64. The Morgan fingerprint density at radius 2 is 1.97 bits per heavy atom. The third kappa shape index (κ3) is 6.87. The van der Waals surface area contributed by atoms with E-state index in [9.17, 15) is 0 Å². The Kier molecular flexibility index (Phi) is 9.69. The van der Waals surface area contributed by atoms with Crippen molar-refractivity contribution in [3.63, 3.8) is 0 Å². The van der Waals surface area contributed by atoms with Crippen LogP contribution < -0.4 is 10.6 Å². The minimum Gasteiger partial charge on any atom is -0.379 e. The fraction of sp³-hybridized carbons (Fsp3) is 0.591. The first-order chi connectivity index (χ1) is 15.2. The molecule has 4 rings (SSSR count). The van der Waals surface area contributed by atoms with Crippen LogP contribution in [0.5, 0.6) is 0 Å². The molecule has 3 heterocycles. The number of benzene rings is 1. The van der Waals surface area contributed by atoms with Gasteiger partial charge in [-0.15, -0.1) is 24.0 Å². The second-order valence-corrected chi connectivity index (χ2v) is 8.07. The number of ether oxygens (including phenoxy) is 2. The monoisotopic (exact) mass is 555 g/mol. The number of halogens is 1. The van der Waals surface area contributed by atoms with E-state index in [4.69, 9.17) is 9.47 Å². The Labute approximate surface area is 207 Å². The van der Waals surface area contributed by atoms with Gasteiger partial charge in [-0.2, -0.15) is 5.10 Å². The van der Waals surface area contributed by atoms with Crippen molar-refractivity contribution in [1.82, 2.24) is 30.3 Å². The predicted octanol–water partition coefficient (Wildman–Crippen LogP) is 1.55. The summed E-state index contributed by atoms with van der Waals surface area (Å²) in [7, 11) is 3.47. The maximum absolute atomic E-state index is 5.42. The summed E-state index contributed by atoms with van der Waals surface area (Å²) in [6, 6.07) is 9.08. The molecule has 0 saturated carbocycles. The molecule has 0 spiro atoms. The molecule has 1 unspecified atom stereocenters. The average Bonchev–Trinajstić information content (AvgIpc) is 3.20. The number of nitrogens with zero attached hydrogens (tertiary/aromatic N) is 5. The highest BCUT2D eigenvalue weighted by molar-refractivity contribution is 14.0. The highest BCUT2D eigenvalue weighted by atomic mass is 127. The number of methoxy groups -OCH3 is 1. The summed E-state index contributed by atoms with van der Waals surface area (Å²) >= 11 is 0. The number of aliphatic imine (C=N–C) groups is 1. The third-order valence-electron chi connectivity index (χ3n) is 5.73. The molecule has 1 aromatic carbocycles. The van der Waals surface area contributed by atoms with Crippen LogP contribution in [0.4, 0.5) is 0 Å². The van der Waals surface area contributed by atoms with Gasteiger partial charge in [0.15, 0.2) is 11.8 Å². The van der Waals surface area contributed by atoms with Crippen LogP contribution in [-0.4, -0.2) is 72.1 Å². The van der Waals surface area contributed by atoms with Crippen molar-refractivity contribution in [2.75, 3.05) is 40.5 Å². The molecule has 10 heteroatoms. The van der Waals surface area contributed by atoms with Crippen LogP contribution in [-0.2, 0) is 42.1 Å². The highest BCUT2D eigenvalue weighted by Crippen LogP contribution is 2.14. The third-order valence-corrected chi connectivity index (χ3v) is 5.73. The first-order valence-electron chi connectivity index (χ1n) is 11.0. The van der Waals surface area contributed by atoms with Crippen LogP contribution in [0, 0.1) is 0 Å². The minimum atomic E-state index is 0. The van der Waals surface area contributed by atoms with Gasteiger partial charge in [-0.3, -0.25) is 9.89 Å². The second-order valence-electron chi connectivity index (χ2n) is 8.07. The van der Waals surface area contributed by atoms with E-state index < -0.39 is 0 Å². The van der Waals surface area contributed by atoms with Gasteiger partial charge < -0.3 is 20.1 Å². The molecule has 2 N–H and O–H groups in total. The molecule has 2 aliphatic rings. The maximum atomic E-state index is 5.42. The van der Waals surface area contributed by atoms with Crippen LogP contribution in [0.2, 0.25) is 0 Å². The standard InChI is InChI=1S/C22H33N7O2.HI/c1-23-22(25-19-7-8-21-26-20(16-30-2)27-29(21)15-19)24-13-17-3-5-18(6-4-17)14-28-9-11-31-12-10-28;/h3-6,19H,7-16H2,1-2H3,(H2,23,24,25);1H. The van der Waals surface area contributed by atoms with Crippen LogP contribution in [0.15, 0.2) is 29.3 Å². The Morgan fingerprint density at radius 3 is 2.69 bits per heavy atom. The lowest BCUT2D eigenvalue weighted by Crippen LogP contribution is -2.46.